The smallest absolute Gasteiger partial charge is 0.139 e. The molecule has 0 aliphatic carbocycles. The second kappa shape index (κ2) is 8.61. The van der Waals surface area contributed by atoms with Crippen LogP contribution in [0.15, 0.2) is 79.0 Å². The summed E-state index contributed by atoms with van der Waals surface area (Å²) in [6.45, 7) is 5.16. The molecule has 0 radical (unpaired) electrons. The summed E-state index contributed by atoms with van der Waals surface area (Å²) in [6.07, 6.45) is 2.14. The number of quaternary nitrogens is 2. The standard InChI is InChI=1S/C26H25F2N3/c27-22-9-5-19(6-10-22)26(20-7-11-23(28)12-8-20)31-15-13-30(14-16-31)18-21-17-29-25-4-2-1-3-24(21)25/h1-12,17,26,29H,13-16,18H2/p+2. The number of piperazine rings is 1. The zero-order chi connectivity index (χ0) is 21.2. The Bertz CT molecular complexity index is 1100. The fourth-order valence-corrected chi connectivity index (χ4v) is 4.91. The van der Waals surface area contributed by atoms with Crippen LogP contribution in [0.2, 0.25) is 0 Å². The van der Waals surface area contributed by atoms with Gasteiger partial charge >= 0.3 is 0 Å². The molecule has 0 atom stereocenters. The van der Waals surface area contributed by atoms with Crippen LogP contribution in [-0.2, 0) is 6.54 Å². The molecule has 0 amide bonds. The van der Waals surface area contributed by atoms with Gasteiger partial charge in [0.1, 0.15) is 50.4 Å². The van der Waals surface area contributed by atoms with E-state index in [1.54, 1.807) is 4.90 Å². The molecule has 3 nitrogen and oxygen atoms in total. The van der Waals surface area contributed by atoms with Crippen molar-refractivity contribution in [3.63, 3.8) is 0 Å². The number of hydrogen-bond acceptors (Lipinski definition) is 0. The Morgan fingerprint density at radius 2 is 1.32 bits per heavy atom. The van der Waals surface area contributed by atoms with Crippen LogP contribution in [0.5, 0.6) is 0 Å². The van der Waals surface area contributed by atoms with Gasteiger partial charge in [-0.3, -0.25) is 0 Å². The molecule has 0 bridgehead atoms. The van der Waals surface area contributed by atoms with Gasteiger partial charge in [0.2, 0.25) is 0 Å². The molecule has 2 heterocycles. The van der Waals surface area contributed by atoms with Gasteiger partial charge in [-0.1, -0.05) is 18.2 Å². The number of aromatic nitrogens is 1. The summed E-state index contributed by atoms with van der Waals surface area (Å²) in [6, 6.07) is 22.0. The third-order valence-corrected chi connectivity index (χ3v) is 6.53. The molecule has 1 saturated heterocycles. The Hall–Kier alpha value is -3.02. The number of nitrogens with one attached hydrogen (secondary N) is 3. The van der Waals surface area contributed by atoms with E-state index in [4.69, 9.17) is 0 Å². The van der Waals surface area contributed by atoms with Crippen molar-refractivity contribution in [1.82, 2.24) is 4.98 Å². The predicted molar refractivity (Wildman–Crippen MR) is 118 cm³/mol. The van der Waals surface area contributed by atoms with Gasteiger partial charge in [-0.15, -0.1) is 0 Å². The second-order valence-electron chi connectivity index (χ2n) is 8.48. The van der Waals surface area contributed by atoms with Crippen molar-refractivity contribution < 1.29 is 18.6 Å². The summed E-state index contributed by atoms with van der Waals surface area (Å²) in [7, 11) is 0. The van der Waals surface area contributed by atoms with Crippen LogP contribution in [0.4, 0.5) is 8.78 Å². The van der Waals surface area contributed by atoms with Gasteiger partial charge in [0.05, 0.1) is 0 Å². The molecule has 1 aliphatic heterocycles. The minimum Gasteiger partial charge on any atom is -0.361 e. The maximum Gasteiger partial charge on any atom is 0.139 e. The Kier molecular flexibility index (Phi) is 5.53. The van der Waals surface area contributed by atoms with E-state index in [1.807, 2.05) is 24.3 Å². The van der Waals surface area contributed by atoms with E-state index in [-0.39, 0.29) is 17.7 Å². The Balaban J connectivity index is 1.33. The third-order valence-electron chi connectivity index (χ3n) is 6.53. The lowest BCUT2D eigenvalue weighted by Gasteiger charge is -2.35. The van der Waals surface area contributed by atoms with Crippen molar-refractivity contribution in [2.75, 3.05) is 26.2 Å². The fourth-order valence-electron chi connectivity index (χ4n) is 4.91. The van der Waals surface area contributed by atoms with Crippen LogP contribution in [0.25, 0.3) is 10.9 Å². The summed E-state index contributed by atoms with van der Waals surface area (Å²) < 4.78 is 27.1. The molecule has 1 aliphatic rings. The highest BCUT2D eigenvalue weighted by Gasteiger charge is 2.32. The van der Waals surface area contributed by atoms with Crippen molar-refractivity contribution in [2.24, 2.45) is 0 Å². The number of fused-ring (bicyclic) bond motifs is 1. The van der Waals surface area contributed by atoms with E-state index < -0.39 is 0 Å². The van der Waals surface area contributed by atoms with Crippen LogP contribution in [-0.4, -0.2) is 31.2 Å². The van der Waals surface area contributed by atoms with Gasteiger partial charge < -0.3 is 14.8 Å². The second-order valence-corrected chi connectivity index (χ2v) is 8.48. The highest BCUT2D eigenvalue weighted by Crippen LogP contribution is 2.20. The Morgan fingerprint density at radius 3 is 1.94 bits per heavy atom. The minimum atomic E-state index is -0.232. The fraction of sp³-hybridized carbons (Fsp3) is 0.231. The van der Waals surface area contributed by atoms with Crippen molar-refractivity contribution >= 4 is 10.9 Å². The van der Waals surface area contributed by atoms with E-state index in [0.717, 1.165) is 43.9 Å². The van der Waals surface area contributed by atoms with Crippen LogP contribution in [0.1, 0.15) is 22.7 Å². The van der Waals surface area contributed by atoms with Crippen LogP contribution < -0.4 is 9.80 Å². The molecule has 1 fully saturated rings. The number of aromatic amines is 1. The average molecular weight is 420 g/mol. The van der Waals surface area contributed by atoms with Crippen molar-refractivity contribution in [2.45, 2.75) is 12.6 Å². The van der Waals surface area contributed by atoms with E-state index in [9.17, 15) is 8.78 Å². The zero-order valence-electron chi connectivity index (χ0n) is 17.4. The predicted octanol–water partition coefficient (Wildman–Crippen LogP) is 2.52. The number of halogens is 2. The van der Waals surface area contributed by atoms with Gasteiger partial charge in [0.25, 0.3) is 0 Å². The highest BCUT2D eigenvalue weighted by atomic mass is 19.1. The lowest BCUT2D eigenvalue weighted by atomic mass is 9.96. The lowest BCUT2D eigenvalue weighted by molar-refractivity contribution is -1.03. The molecule has 158 valence electrons. The molecule has 1 aromatic heterocycles. The molecule has 0 unspecified atom stereocenters. The Morgan fingerprint density at radius 1 is 0.742 bits per heavy atom. The van der Waals surface area contributed by atoms with Gasteiger partial charge in [-0.2, -0.15) is 0 Å². The molecule has 0 saturated carbocycles. The molecule has 31 heavy (non-hydrogen) atoms. The third kappa shape index (κ3) is 4.24. The zero-order valence-corrected chi connectivity index (χ0v) is 17.4. The summed E-state index contributed by atoms with van der Waals surface area (Å²) in [5.41, 5.74) is 4.70. The number of para-hydroxylation sites is 1. The summed E-state index contributed by atoms with van der Waals surface area (Å²) in [5.74, 6) is -0.464. The summed E-state index contributed by atoms with van der Waals surface area (Å²) in [5, 5.41) is 1.31. The molecular weight excluding hydrogens is 392 g/mol. The van der Waals surface area contributed by atoms with Crippen LogP contribution in [0.3, 0.4) is 0 Å². The normalized spacial score (nSPS) is 19.2. The van der Waals surface area contributed by atoms with Gasteiger partial charge in [-0.05, 0) is 54.6 Å². The average Bonchev–Trinajstić information content (AvgIpc) is 3.20. The van der Waals surface area contributed by atoms with Crippen molar-refractivity contribution in [3.05, 3.63) is 107 Å². The van der Waals surface area contributed by atoms with E-state index >= 15 is 0 Å². The maximum atomic E-state index is 13.5. The monoisotopic (exact) mass is 419 g/mol. The van der Waals surface area contributed by atoms with Crippen molar-refractivity contribution in [1.29, 1.82) is 0 Å². The SMILES string of the molecule is Fc1ccc(C(c2ccc(F)cc2)[NH+]2CC[NH+](Cc3c[nH]c4ccccc34)CC2)cc1. The largest absolute Gasteiger partial charge is 0.361 e. The first kappa shape index (κ1) is 19.9. The Labute approximate surface area is 180 Å². The van der Waals surface area contributed by atoms with E-state index in [0.29, 0.717) is 0 Å². The topological polar surface area (TPSA) is 24.7 Å². The van der Waals surface area contributed by atoms with Crippen LogP contribution >= 0.6 is 0 Å². The van der Waals surface area contributed by atoms with Gasteiger partial charge in [0, 0.05) is 33.8 Å². The molecule has 4 aromatic rings. The molecule has 0 spiro atoms. The molecule has 5 rings (SSSR count). The minimum absolute atomic E-state index is 0.0795. The first-order valence-corrected chi connectivity index (χ1v) is 10.9. The number of H-pyrrole nitrogens is 1. The highest BCUT2D eigenvalue weighted by molar-refractivity contribution is 5.82. The van der Waals surface area contributed by atoms with E-state index in [2.05, 4.69) is 35.4 Å². The summed E-state index contributed by atoms with van der Waals surface area (Å²) in [4.78, 5) is 6.40. The summed E-state index contributed by atoms with van der Waals surface area (Å²) >= 11 is 0. The van der Waals surface area contributed by atoms with E-state index in [1.165, 1.54) is 45.6 Å². The van der Waals surface area contributed by atoms with Crippen LogP contribution in [0, 0.1) is 11.6 Å². The molecule has 5 heteroatoms. The lowest BCUT2D eigenvalue weighted by Crippen LogP contribution is -3.27. The van der Waals surface area contributed by atoms with Gasteiger partial charge in [-0.25, -0.2) is 8.78 Å². The first-order valence-electron chi connectivity index (χ1n) is 10.9. The molecule has 3 aromatic carbocycles. The van der Waals surface area contributed by atoms with Crippen molar-refractivity contribution in [3.8, 4) is 0 Å². The number of rotatable bonds is 5. The van der Waals surface area contributed by atoms with Gasteiger partial charge in [0.15, 0.2) is 0 Å². The maximum absolute atomic E-state index is 13.5. The number of hydrogen-bond donors (Lipinski definition) is 3. The first-order chi connectivity index (χ1) is 15.2. The quantitative estimate of drug-likeness (QED) is 0.443. The molecule has 3 N–H and O–H groups in total. The molecular formula is C26H27F2N3+2. The number of benzene rings is 3.